The lowest BCUT2D eigenvalue weighted by molar-refractivity contribution is -0.136. The predicted molar refractivity (Wildman–Crippen MR) is 133 cm³/mol. The van der Waals surface area contributed by atoms with Gasteiger partial charge in [-0.3, -0.25) is 14.4 Å². The number of amides is 3. The van der Waals surface area contributed by atoms with Crippen molar-refractivity contribution < 1.29 is 14.4 Å². The third kappa shape index (κ3) is 5.61. The third-order valence-corrected chi connectivity index (χ3v) is 7.27. The zero-order valence-corrected chi connectivity index (χ0v) is 20.4. The van der Waals surface area contributed by atoms with Gasteiger partial charge in [-0.1, -0.05) is 41.4 Å². The second kappa shape index (κ2) is 11.0. The van der Waals surface area contributed by atoms with E-state index in [1.807, 2.05) is 41.0 Å². The standard InChI is InChI=1S/C27H32ClN3O3/c1-19-9-11-21(12-10-19)26(33)31-17-13-20(14-18-31)24(27(34)30-15-5-2-6-16-30)29-25(32)22-7-3-4-8-23(22)28/h3-4,7-12,20,24H,2,5-6,13-18H2,1H3,(H,29,32)/t24-/m0/s1. The molecule has 180 valence electrons. The summed E-state index contributed by atoms with van der Waals surface area (Å²) < 4.78 is 0. The Bertz CT molecular complexity index is 1030. The average molecular weight is 482 g/mol. The van der Waals surface area contributed by atoms with Crippen LogP contribution in [0.5, 0.6) is 0 Å². The molecule has 2 aromatic rings. The first-order chi connectivity index (χ1) is 16.4. The van der Waals surface area contributed by atoms with E-state index in [0.29, 0.717) is 42.1 Å². The summed E-state index contributed by atoms with van der Waals surface area (Å²) in [6, 6.07) is 13.9. The molecule has 2 aliphatic heterocycles. The number of hydrogen-bond donors (Lipinski definition) is 1. The van der Waals surface area contributed by atoms with Gasteiger partial charge in [-0.05, 0) is 69.2 Å². The molecule has 0 spiro atoms. The molecule has 2 saturated heterocycles. The highest BCUT2D eigenvalue weighted by Crippen LogP contribution is 2.25. The molecule has 6 nitrogen and oxygen atoms in total. The molecule has 0 aliphatic carbocycles. The van der Waals surface area contributed by atoms with Crippen molar-refractivity contribution in [1.82, 2.24) is 15.1 Å². The molecule has 2 heterocycles. The van der Waals surface area contributed by atoms with Gasteiger partial charge in [0, 0.05) is 31.7 Å². The molecule has 0 bridgehead atoms. The molecular formula is C27H32ClN3O3. The molecule has 2 fully saturated rings. The van der Waals surface area contributed by atoms with Crippen molar-refractivity contribution in [2.45, 2.75) is 45.1 Å². The molecule has 2 aromatic carbocycles. The molecule has 0 unspecified atom stereocenters. The number of nitrogens with zero attached hydrogens (tertiary/aromatic N) is 2. The van der Waals surface area contributed by atoms with Crippen LogP contribution >= 0.6 is 11.6 Å². The Kier molecular flexibility index (Phi) is 7.88. The molecule has 1 N–H and O–H groups in total. The van der Waals surface area contributed by atoms with Crippen molar-refractivity contribution in [3.05, 3.63) is 70.2 Å². The van der Waals surface area contributed by atoms with Crippen LogP contribution in [-0.2, 0) is 4.79 Å². The van der Waals surface area contributed by atoms with E-state index in [1.54, 1.807) is 24.3 Å². The molecule has 0 saturated carbocycles. The lowest BCUT2D eigenvalue weighted by Crippen LogP contribution is -2.55. The zero-order chi connectivity index (χ0) is 24.1. The fraction of sp³-hybridized carbons (Fsp3) is 0.444. The summed E-state index contributed by atoms with van der Waals surface area (Å²) in [5.74, 6) is -0.386. The van der Waals surface area contributed by atoms with Crippen LogP contribution < -0.4 is 5.32 Å². The molecule has 4 rings (SSSR count). The van der Waals surface area contributed by atoms with E-state index in [1.165, 1.54) is 0 Å². The van der Waals surface area contributed by atoms with Gasteiger partial charge in [0.25, 0.3) is 11.8 Å². The van der Waals surface area contributed by atoms with Gasteiger partial charge in [0.15, 0.2) is 0 Å². The highest BCUT2D eigenvalue weighted by Gasteiger charge is 2.36. The minimum atomic E-state index is -0.626. The van der Waals surface area contributed by atoms with E-state index in [9.17, 15) is 14.4 Å². The topological polar surface area (TPSA) is 69.7 Å². The summed E-state index contributed by atoms with van der Waals surface area (Å²) in [6.45, 7) is 4.56. The van der Waals surface area contributed by atoms with Crippen LogP contribution in [0.25, 0.3) is 0 Å². The SMILES string of the molecule is Cc1ccc(C(=O)N2CCC([C@H](NC(=O)c3ccccc3Cl)C(=O)N3CCCCC3)CC2)cc1. The first-order valence-electron chi connectivity index (χ1n) is 12.1. The van der Waals surface area contributed by atoms with E-state index in [-0.39, 0.29) is 23.6 Å². The van der Waals surface area contributed by atoms with Gasteiger partial charge in [-0.2, -0.15) is 0 Å². The number of carbonyl (C=O) groups excluding carboxylic acids is 3. The number of rotatable bonds is 5. The van der Waals surface area contributed by atoms with Crippen LogP contribution in [0.4, 0.5) is 0 Å². The summed E-state index contributed by atoms with van der Waals surface area (Å²) in [6.07, 6.45) is 4.41. The van der Waals surface area contributed by atoms with E-state index in [0.717, 1.165) is 37.9 Å². The Hall–Kier alpha value is -2.86. The first-order valence-corrected chi connectivity index (χ1v) is 12.5. The van der Waals surface area contributed by atoms with Crippen LogP contribution in [0, 0.1) is 12.8 Å². The second-order valence-electron chi connectivity index (χ2n) is 9.31. The van der Waals surface area contributed by atoms with Crippen LogP contribution in [0.1, 0.15) is 58.4 Å². The van der Waals surface area contributed by atoms with Gasteiger partial charge in [0.2, 0.25) is 5.91 Å². The second-order valence-corrected chi connectivity index (χ2v) is 9.72. The lowest BCUT2D eigenvalue weighted by Gasteiger charge is -2.38. The summed E-state index contributed by atoms with van der Waals surface area (Å²) in [5, 5.41) is 3.37. The van der Waals surface area contributed by atoms with Crippen molar-refractivity contribution in [3.8, 4) is 0 Å². The maximum absolute atomic E-state index is 13.5. The first kappa shape index (κ1) is 24.3. The van der Waals surface area contributed by atoms with Gasteiger partial charge in [0.05, 0.1) is 10.6 Å². The number of hydrogen-bond acceptors (Lipinski definition) is 3. The molecule has 7 heteroatoms. The fourth-order valence-electron chi connectivity index (χ4n) is 4.87. The minimum Gasteiger partial charge on any atom is -0.341 e. The van der Waals surface area contributed by atoms with Gasteiger partial charge >= 0.3 is 0 Å². The van der Waals surface area contributed by atoms with Crippen LogP contribution in [0.3, 0.4) is 0 Å². The third-order valence-electron chi connectivity index (χ3n) is 6.94. The molecule has 0 radical (unpaired) electrons. The average Bonchev–Trinajstić information content (AvgIpc) is 2.88. The van der Waals surface area contributed by atoms with Gasteiger partial charge in [-0.25, -0.2) is 0 Å². The van der Waals surface area contributed by atoms with Crippen molar-refractivity contribution in [1.29, 1.82) is 0 Å². The number of carbonyl (C=O) groups is 3. The molecule has 3 amide bonds. The van der Waals surface area contributed by atoms with Gasteiger partial charge < -0.3 is 15.1 Å². The summed E-state index contributed by atoms with van der Waals surface area (Å²) >= 11 is 6.24. The fourth-order valence-corrected chi connectivity index (χ4v) is 5.09. The number of halogens is 1. The Morgan fingerprint density at radius 1 is 0.882 bits per heavy atom. The smallest absolute Gasteiger partial charge is 0.253 e. The van der Waals surface area contributed by atoms with E-state index >= 15 is 0 Å². The summed E-state index contributed by atoms with van der Waals surface area (Å²) in [7, 11) is 0. The number of likely N-dealkylation sites (tertiary alicyclic amines) is 2. The largest absolute Gasteiger partial charge is 0.341 e. The molecule has 0 aromatic heterocycles. The Morgan fingerprint density at radius 2 is 1.53 bits per heavy atom. The van der Waals surface area contributed by atoms with E-state index < -0.39 is 6.04 Å². The quantitative estimate of drug-likeness (QED) is 0.691. The Balaban J connectivity index is 1.47. The highest BCUT2D eigenvalue weighted by atomic mass is 35.5. The summed E-state index contributed by atoms with van der Waals surface area (Å²) in [5.41, 5.74) is 2.16. The normalized spacial score (nSPS) is 17.8. The van der Waals surface area contributed by atoms with Crippen molar-refractivity contribution in [2.75, 3.05) is 26.2 Å². The van der Waals surface area contributed by atoms with Crippen molar-refractivity contribution in [3.63, 3.8) is 0 Å². The lowest BCUT2D eigenvalue weighted by atomic mass is 9.87. The van der Waals surface area contributed by atoms with Gasteiger partial charge in [-0.15, -0.1) is 0 Å². The monoisotopic (exact) mass is 481 g/mol. The van der Waals surface area contributed by atoms with Crippen LogP contribution in [0.2, 0.25) is 5.02 Å². The maximum atomic E-state index is 13.5. The maximum Gasteiger partial charge on any atom is 0.253 e. The molecule has 1 atom stereocenters. The van der Waals surface area contributed by atoms with Crippen LogP contribution in [0.15, 0.2) is 48.5 Å². The predicted octanol–water partition coefficient (Wildman–Crippen LogP) is 4.31. The van der Waals surface area contributed by atoms with Gasteiger partial charge in [0.1, 0.15) is 6.04 Å². The Labute approximate surface area is 206 Å². The molecule has 2 aliphatic rings. The molecule has 34 heavy (non-hydrogen) atoms. The molecular weight excluding hydrogens is 450 g/mol. The van der Waals surface area contributed by atoms with Crippen molar-refractivity contribution >= 4 is 29.3 Å². The highest BCUT2D eigenvalue weighted by molar-refractivity contribution is 6.33. The van der Waals surface area contributed by atoms with E-state index in [4.69, 9.17) is 11.6 Å². The number of piperidine rings is 2. The number of aryl methyl sites for hydroxylation is 1. The number of benzene rings is 2. The number of nitrogens with one attached hydrogen (secondary N) is 1. The van der Waals surface area contributed by atoms with Crippen molar-refractivity contribution in [2.24, 2.45) is 5.92 Å². The summed E-state index contributed by atoms with van der Waals surface area (Å²) in [4.78, 5) is 43.2. The minimum absolute atomic E-state index is 0.0115. The zero-order valence-electron chi connectivity index (χ0n) is 19.6. The Morgan fingerprint density at radius 3 is 2.18 bits per heavy atom. The van der Waals surface area contributed by atoms with E-state index in [2.05, 4.69) is 5.32 Å². The van der Waals surface area contributed by atoms with Crippen LogP contribution in [-0.4, -0.2) is 59.7 Å².